The molecule has 1 aromatic heterocycles. The summed E-state index contributed by atoms with van der Waals surface area (Å²) in [4.78, 5) is 23.0. The molecule has 3 aromatic rings. The zero-order valence-electron chi connectivity index (χ0n) is 17.6. The van der Waals surface area contributed by atoms with Gasteiger partial charge in [-0.2, -0.15) is 0 Å². The third kappa shape index (κ3) is 5.84. The van der Waals surface area contributed by atoms with Crippen molar-refractivity contribution in [1.82, 2.24) is 10.0 Å². The zero-order valence-corrected chi connectivity index (χ0v) is 18.4. The van der Waals surface area contributed by atoms with Gasteiger partial charge in [-0.1, -0.05) is 60.7 Å². The Labute approximate surface area is 189 Å². The molecule has 5 nitrogen and oxygen atoms in total. The predicted octanol–water partition coefficient (Wildman–Crippen LogP) is 5.44. The van der Waals surface area contributed by atoms with Gasteiger partial charge in [0.15, 0.2) is 0 Å². The number of hydrogen-bond acceptors (Lipinski definition) is 4. The van der Waals surface area contributed by atoms with Crippen molar-refractivity contribution in [3.05, 3.63) is 95.2 Å². The lowest BCUT2D eigenvalue weighted by Gasteiger charge is -2.33. The van der Waals surface area contributed by atoms with Gasteiger partial charge in [-0.15, -0.1) is 12.4 Å². The summed E-state index contributed by atoms with van der Waals surface area (Å²) in [5.74, 6) is 0.506. The van der Waals surface area contributed by atoms with Crippen molar-refractivity contribution < 1.29 is 14.4 Å². The molecule has 0 N–H and O–H groups in total. The van der Waals surface area contributed by atoms with Crippen molar-refractivity contribution in [3.63, 3.8) is 0 Å². The Hall–Kier alpha value is -2.89. The number of carbonyl (C=O) groups is 1. The number of nitrogens with zero attached hydrogens (tertiary/aromatic N) is 2. The summed E-state index contributed by atoms with van der Waals surface area (Å²) in [7, 11) is 0. The number of amides is 1. The molecule has 0 spiro atoms. The summed E-state index contributed by atoms with van der Waals surface area (Å²) in [6.07, 6.45) is 2.68. The number of hydroxylamine groups is 2. The van der Waals surface area contributed by atoms with Gasteiger partial charge in [0.05, 0.1) is 6.04 Å². The van der Waals surface area contributed by atoms with E-state index < -0.39 is 0 Å². The minimum atomic E-state index is -0.134. The summed E-state index contributed by atoms with van der Waals surface area (Å²) in [6, 6.07) is 23.7. The Kier molecular flexibility index (Phi) is 8.04. The first-order valence-corrected chi connectivity index (χ1v) is 10.3. The number of rotatable bonds is 7. The molecular formula is C25H27ClN2O3. The minimum absolute atomic E-state index is 0. The Morgan fingerprint density at radius 2 is 1.61 bits per heavy atom. The molecule has 0 saturated carbocycles. The first kappa shape index (κ1) is 22.8. The van der Waals surface area contributed by atoms with Crippen LogP contribution in [0.4, 0.5) is 0 Å². The molecule has 1 aliphatic carbocycles. The fourth-order valence-corrected chi connectivity index (χ4v) is 3.79. The van der Waals surface area contributed by atoms with Gasteiger partial charge in [-0.05, 0) is 42.0 Å². The fourth-order valence-electron chi connectivity index (χ4n) is 3.79. The number of halogens is 1. The second-order valence-electron chi connectivity index (χ2n) is 7.47. The largest absolute Gasteiger partial charge is 0.473 e. The van der Waals surface area contributed by atoms with Crippen LogP contribution in [0.2, 0.25) is 0 Å². The van der Waals surface area contributed by atoms with E-state index in [0.717, 1.165) is 41.6 Å². The van der Waals surface area contributed by atoms with E-state index >= 15 is 0 Å². The summed E-state index contributed by atoms with van der Waals surface area (Å²) in [6.45, 7) is 2.39. The molecule has 162 valence electrons. The van der Waals surface area contributed by atoms with Crippen LogP contribution in [-0.4, -0.2) is 16.0 Å². The smallest absolute Gasteiger partial charge is 0.243 e. The summed E-state index contributed by atoms with van der Waals surface area (Å²) >= 11 is 0. The van der Waals surface area contributed by atoms with E-state index in [1.165, 1.54) is 5.06 Å². The highest BCUT2D eigenvalue weighted by atomic mass is 35.5. The number of fused-ring (bicyclic) bond motifs is 1. The van der Waals surface area contributed by atoms with E-state index in [1.807, 2.05) is 72.8 Å². The number of aryl methyl sites for hydroxylation is 1. The van der Waals surface area contributed by atoms with Crippen LogP contribution in [0.25, 0.3) is 0 Å². The maximum absolute atomic E-state index is 12.4. The van der Waals surface area contributed by atoms with Crippen LogP contribution in [0.3, 0.4) is 0 Å². The van der Waals surface area contributed by atoms with Gasteiger partial charge in [0.2, 0.25) is 11.8 Å². The molecule has 2 aromatic carbocycles. The molecule has 1 heterocycles. The topological polar surface area (TPSA) is 51.7 Å². The maximum Gasteiger partial charge on any atom is 0.243 e. The van der Waals surface area contributed by atoms with Gasteiger partial charge in [0.25, 0.3) is 0 Å². The van der Waals surface area contributed by atoms with E-state index in [-0.39, 0.29) is 24.4 Å². The molecule has 1 atom stereocenters. The van der Waals surface area contributed by atoms with Gasteiger partial charge in [-0.25, -0.2) is 10.0 Å². The van der Waals surface area contributed by atoms with Crippen LogP contribution in [0.5, 0.6) is 5.88 Å². The Bertz CT molecular complexity index is 983. The SMILES string of the molecule is CC(=O)N(OCc1ccccc1)C1CCCc2nc(OCc3ccccc3)ccc21.Cl. The maximum atomic E-state index is 12.4. The third-order valence-corrected chi connectivity index (χ3v) is 5.27. The molecule has 0 aliphatic heterocycles. The van der Waals surface area contributed by atoms with Crippen molar-refractivity contribution in [2.24, 2.45) is 0 Å². The first-order chi connectivity index (χ1) is 14.7. The number of ether oxygens (including phenoxy) is 1. The number of aromatic nitrogens is 1. The lowest BCUT2D eigenvalue weighted by molar-refractivity contribution is -0.207. The molecule has 6 heteroatoms. The van der Waals surface area contributed by atoms with Crippen LogP contribution in [0.15, 0.2) is 72.8 Å². The van der Waals surface area contributed by atoms with Gasteiger partial charge in [0, 0.05) is 18.7 Å². The van der Waals surface area contributed by atoms with Gasteiger partial charge < -0.3 is 4.74 Å². The molecular weight excluding hydrogens is 412 g/mol. The highest BCUT2D eigenvalue weighted by Gasteiger charge is 2.30. The average Bonchev–Trinajstić information content (AvgIpc) is 2.79. The fraction of sp³-hybridized carbons (Fsp3) is 0.280. The van der Waals surface area contributed by atoms with E-state index in [2.05, 4.69) is 0 Å². The number of pyridine rings is 1. The summed E-state index contributed by atoms with van der Waals surface area (Å²) < 4.78 is 5.88. The van der Waals surface area contributed by atoms with E-state index in [0.29, 0.717) is 19.1 Å². The van der Waals surface area contributed by atoms with Crippen LogP contribution in [0, 0.1) is 0 Å². The quantitative estimate of drug-likeness (QED) is 0.461. The highest BCUT2D eigenvalue weighted by molar-refractivity contribution is 5.85. The van der Waals surface area contributed by atoms with Gasteiger partial charge in [-0.3, -0.25) is 9.63 Å². The summed E-state index contributed by atoms with van der Waals surface area (Å²) in [5.41, 5.74) is 4.15. The standard InChI is InChI=1S/C25H26N2O3.ClH/c1-19(28)27(30-18-21-11-6-3-7-12-21)24-14-8-13-23-22(24)15-16-25(26-23)29-17-20-9-4-2-5-10-20;/h2-7,9-12,15-16,24H,8,13-14,17-18H2,1H3;1H. The normalized spacial score (nSPS) is 14.8. The Balaban J connectivity index is 0.00000272. The monoisotopic (exact) mass is 438 g/mol. The van der Waals surface area contributed by atoms with Crippen LogP contribution in [-0.2, 0) is 29.3 Å². The molecule has 1 amide bonds. The van der Waals surface area contributed by atoms with Crippen molar-refractivity contribution in [1.29, 1.82) is 0 Å². The lowest BCUT2D eigenvalue weighted by Crippen LogP contribution is -2.35. The number of carbonyl (C=O) groups excluding carboxylic acids is 1. The summed E-state index contributed by atoms with van der Waals surface area (Å²) in [5, 5.41) is 1.51. The molecule has 1 aliphatic rings. The average molecular weight is 439 g/mol. The molecule has 1 unspecified atom stereocenters. The van der Waals surface area contributed by atoms with Crippen LogP contribution < -0.4 is 4.74 Å². The zero-order chi connectivity index (χ0) is 20.8. The van der Waals surface area contributed by atoms with Crippen LogP contribution >= 0.6 is 12.4 Å². The van der Waals surface area contributed by atoms with Gasteiger partial charge in [0.1, 0.15) is 13.2 Å². The second-order valence-corrected chi connectivity index (χ2v) is 7.47. The van der Waals surface area contributed by atoms with E-state index in [1.54, 1.807) is 6.92 Å². The first-order valence-electron chi connectivity index (χ1n) is 10.3. The van der Waals surface area contributed by atoms with Gasteiger partial charge >= 0.3 is 0 Å². The molecule has 31 heavy (non-hydrogen) atoms. The highest BCUT2D eigenvalue weighted by Crippen LogP contribution is 2.35. The van der Waals surface area contributed by atoms with Crippen molar-refractivity contribution in [2.75, 3.05) is 0 Å². The number of hydrogen-bond donors (Lipinski definition) is 0. The van der Waals surface area contributed by atoms with Crippen molar-refractivity contribution in [3.8, 4) is 5.88 Å². The molecule has 0 bridgehead atoms. The molecule has 0 saturated heterocycles. The van der Waals surface area contributed by atoms with E-state index in [4.69, 9.17) is 14.6 Å². The van der Waals surface area contributed by atoms with Crippen LogP contribution in [0.1, 0.15) is 48.2 Å². The van der Waals surface area contributed by atoms with Crippen molar-refractivity contribution >= 4 is 18.3 Å². The predicted molar refractivity (Wildman–Crippen MR) is 122 cm³/mol. The van der Waals surface area contributed by atoms with E-state index in [9.17, 15) is 4.79 Å². The molecule has 0 radical (unpaired) electrons. The number of benzene rings is 2. The second kappa shape index (κ2) is 10.9. The Morgan fingerprint density at radius 1 is 0.968 bits per heavy atom. The third-order valence-electron chi connectivity index (χ3n) is 5.27. The molecule has 4 rings (SSSR count). The lowest BCUT2D eigenvalue weighted by atomic mass is 9.91. The Morgan fingerprint density at radius 3 is 2.26 bits per heavy atom. The van der Waals surface area contributed by atoms with Crippen molar-refractivity contribution in [2.45, 2.75) is 45.4 Å². The molecule has 0 fully saturated rings. The minimum Gasteiger partial charge on any atom is -0.473 e.